The number of carbonyl (C=O) groups excluding carboxylic acids is 1. The van der Waals surface area contributed by atoms with Crippen molar-refractivity contribution in [3.05, 3.63) is 83.7 Å². The first-order valence-electron chi connectivity index (χ1n) is 12.7. The minimum atomic E-state index is -0.922. The molecule has 1 aliphatic heterocycles. The molecule has 0 aliphatic carbocycles. The van der Waals surface area contributed by atoms with Crippen molar-refractivity contribution in [1.82, 2.24) is 19.9 Å². The molecular weight excluding hydrogens is 540 g/mol. The lowest BCUT2D eigenvalue weighted by Crippen LogP contribution is -2.53. The minimum absolute atomic E-state index is 0.0832. The number of carbonyl (C=O) groups is 1. The van der Waals surface area contributed by atoms with Crippen LogP contribution in [0.2, 0.25) is 5.02 Å². The Morgan fingerprint density at radius 2 is 2.02 bits per heavy atom. The molecular formula is C29H26ClF2N5O3. The quantitative estimate of drug-likeness (QED) is 0.309. The van der Waals surface area contributed by atoms with Crippen LogP contribution in [0, 0.1) is 11.6 Å². The van der Waals surface area contributed by atoms with Gasteiger partial charge in [0.05, 0.1) is 17.2 Å². The van der Waals surface area contributed by atoms with E-state index < -0.39 is 17.4 Å². The summed E-state index contributed by atoms with van der Waals surface area (Å²) < 4.78 is 36.8. The number of halogens is 3. The largest absolute Gasteiger partial charge is 0.507 e. The maximum absolute atomic E-state index is 16.2. The highest BCUT2D eigenvalue weighted by Gasteiger charge is 2.30. The van der Waals surface area contributed by atoms with E-state index in [-0.39, 0.29) is 51.6 Å². The molecule has 1 N–H and O–H groups in total. The van der Waals surface area contributed by atoms with Gasteiger partial charge in [-0.25, -0.2) is 8.78 Å². The Hall–Kier alpha value is -4.31. The predicted octanol–water partition coefficient (Wildman–Crippen LogP) is 5.17. The fraction of sp³-hybridized carbons (Fsp3) is 0.241. The van der Waals surface area contributed by atoms with Crippen LogP contribution in [-0.2, 0) is 11.2 Å². The molecule has 0 saturated carbocycles. The maximum atomic E-state index is 16.2. The predicted molar refractivity (Wildman–Crippen MR) is 149 cm³/mol. The molecule has 2 aromatic heterocycles. The van der Waals surface area contributed by atoms with Crippen LogP contribution in [0.15, 0.2) is 61.3 Å². The lowest BCUT2D eigenvalue weighted by atomic mass is 10.0. The van der Waals surface area contributed by atoms with Crippen LogP contribution in [0.3, 0.4) is 0 Å². The van der Waals surface area contributed by atoms with E-state index in [1.165, 1.54) is 24.3 Å². The molecule has 5 rings (SSSR count). The van der Waals surface area contributed by atoms with Crippen molar-refractivity contribution in [2.24, 2.45) is 0 Å². The minimum Gasteiger partial charge on any atom is -0.507 e. The Morgan fingerprint density at radius 3 is 2.73 bits per heavy atom. The molecule has 4 aromatic rings. The normalized spacial score (nSPS) is 15.3. The van der Waals surface area contributed by atoms with Crippen molar-refractivity contribution in [2.75, 3.05) is 31.1 Å². The van der Waals surface area contributed by atoms with Gasteiger partial charge in [-0.3, -0.25) is 9.78 Å². The Kier molecular flexibility index (Phi) is 7.79. The zero-order valence-corrected chi connectivity index (χ0v) is 22.4. The van der Waals surface area contributed by atoms with E-state index in [9.17, 15) is 14.3 Å². The van der Waals surface area contributed by atoms with Gasteiger partial charge >= 0.3 is 6.01 Å². The van der Waals surface area contributed by atoms with Gasteiger partial charge in [0.1, 0.15) is 22.9 Å². The summed E-state index contributed by atoms with van der Waals surface area (Å²) in [7, 11) is 0. The number of anilines is 1. The zero-order valence-electron chi connectivity index (χ0n) is 21.6. The summed E-state index contributed by atoms with van der Waals surface area (Å²) >= 11 is 6.52. The number of nitrogens with zero attached hydrogens (tertiary/aromatic N) is 5. The van der Waals surface area contributed by atoms with Crippen LogP contribution in [0.1, 0.15) is 12.6 Å². The van der Waals surface area contributed by atoms with Crippen molar-refractivity contribution in [2.45, 2.75) is 19.4 Å². The van der Waals surface area contributed by atoms with Gasteiger partial charge in [-0.15, -0.1) is 0 Å². The summed E-state index contributed by atoms with van der Waals surface area (Å²) in [6.45, 7) is 6.84. The van der Waals surface area contributed by atoms with E-state index in [2.05, 4.69) is 21.5 Å². The summed E-state index contributed by atoms with van der Waals surface area (Å²) in [5, 5.41) is 10.5. The number of aromatic nitrogens is 3. The molecule has 0 radical (unpaired) electrons. The number of hydrogen-bond donors (Lipinski definition) is 1. The molecule has 0 bridgehead atoms. The summed E-state index contributed by atoms with van der Waals surface area (Å²) in [6, 6.07) is 10.4. The number of aromatic hydroxyl groups is 1. The van der Waals surface area contributed by atoms with E-state index in [1.54, 1.807) is 11.1 Å². The number of fused-ring (bicyclic) bond motifs is 1. The van der Waals surface area contributed by atoms with Crippen LogP contribution in [0.4, 0.5) is 14.6 Å². The molecule has 1 saturated heterocycles. The smallest absolute Gasteiger partial charge is 0.319 e. The number of amides is 1. The summed E-state index contributed by atoms with van der Waals surface area (Å²) in [6.07, 6.45) is 3.41. The topological polar surface area (TPSA) is 91.7 Å². The zero-order chi connectivity index (χ0) is 28.4. The van der Waals surface area contributed by atoms with Gasteiger partial charge in [-0.2, -0.15) is 9.97 Å². The first kappa shape index (κ1) is 27.3. The summed E-state index contributed by atoms with van der Waals surface area (Å²) in [5.41, 5.74) is -0.0231. The van der Waals surface area contributed by atoms with Crippen molar-refractivity contribution in [1.29, 1.82) is 0 Å². The third-order valence-electron chi connectivity index (χ3n) is 6.79. The van der Waals surface area contributed by atoms with Crippen molar-refractivity contribution >= 4 is 34.2 Å². The van der Waals surface area contributed by atoms with Gasteiger partial charge in [0, 0.05) is 54.9 Å². The van der Waals surface area contributed by atoms with Crippen LogP contribution in [-0.4, -0.2) is 63.1 Å². The Bertz CT molecular complexity index is 1570. The Morgan fingerprint density at radius 1 is 1.20 bits per heavy atom. The molecule has 11 heteroatoms. The van der Waals surface area contributed by atoms with Gasteiger partial charge in [0.2, 0.25) is 5.91 Å². The van der Waals surface area contributed by atoms with Gasteiger partial charge in [0.15, 0.2) is 5.82 Å². The van der Waals surface area contributed by atoms with Crippen LogP contribution in [0.25, 0.3) is 22.0 Å². The van der Waals surface area contributed by atoms with Crippen molar-refractivity contribution in [3.8, 4) is 22.9 Å². The number of hydrogen-bond acceptors (Lipinski definition) is 7. The molecule has 3 heterocycles. The molecule has 1 amide bonds. The van der Waals surface area contributed by atoms with Gasteiger partial charge in [-0.05, 0) is 43.3 Å². The van der Waals surface area contributed by atoms with Crippen molar-refractivity contribution < 1.29 is 23.4 Å². The number of phenols is 1. The second-order valence-corrected chi connectivity index (χ2v) is 9.76. The number of piperazine rings is 1. The Labute approximate surface area is 234 Å². The second kappa shape index (κ2) is 11.4. The van der Waals surface area contributed by atoms with Gasteiger partial charge in [0.25, 0.3) is 0 Å². The number of pyridine rings is 1. The number of ether oxygens (including phenoxy) is 1. The second-order valence-electron chi connectivity index (χ2n) is 9.36. The number of rotatable bonds is 7. The lowest BCUT2D eigenvalue weighted by Gasteiger charge is -2.40. The Balaban J connectivity index is 1.60. The highest BCUT2D eigenvalue weighted by Crippen LogP contribution is 2.43. The summed E-state index contributed by atoms with van der Waals surface area (Å²) in [4.78, 5) is 29.0. The first-order valence-corrected chi connectivity index (χ1v) is 13.0. The highest BCUT2D eigenvalue weighted by molar-refractivity contribution is 6.34. The van der Waals surface area contributed by atoms with Crippen LogP contribution in [0.5, 0.6) is 11.8 Å². The fourth-order valence-corrected chi connectivity index (χ4v) is 5.11. The molecule has 1 aliphatic rings. The lowest BCUT2D eigenvalue weighted by molar-refractivity contribution is -0.126. The molecule has 206 valence electrons. The monoisotopic (exact) mass is 565 g/mol. The van der Waals surface area contributed by atoms with E-state index in [4.69, 9.17) is 16.3 Å². The highest BCUT2D eigenvalue weighted by atomic mass is 35.5. The van der Waals surface area contributed by atoms with E-state index >= 15 is 4.39 Å². The third kappa shape index (κ3) is 5.27. The van der Waals surface area contributed by atoms with E-state index in [1.807, 2.05) is 30.0 Å². The van der Waals surface area contributed by atoms with E-state index in [0.29, 0.717) is 31.9 Å². The maximum Gasteiger partial charge on any atom is 0.319 e. The molecule has 1 atom stereocenters. The van der Waals surface area contributed by atoms with Crippen LogP contribution < -0.4 is 9.64 Å². The van der Waals surface area contributed by atoms with Gasteiger partial charge < -0.3 is 19.6 Å². The number of phenolic OH excluding ortho intramolecular Hbond substituents is 1. The van der Waals surface area contributed by atoms with Crippen molar-refractivity contribution in [3.63, 3.8) is 0 Å². The molecule has 0 unspecified atom stereocenters. The average molecular weight is 566 g/mol. The standard InChI is InChI=1S/C29H26ClF2N5O3/c1-3-23(39)36-12-13-37(17(2)16-36)28-19-15-20(30)24(25-21(31)8-6-9-22(25)38)26(32)27(19)34-29(35-28)40-14-10-18-7-4-5-11-33-18/h3-9,11,15,17,38H,1,10,12-14,16H2,2H3/t17-/m1/s1. The molecule has 0 spiro atoms. The SMILES string of the molecule is C=CC(=O)N1CCN(c2nc(OCCc3ccccn3)nc3c(F)c(-c4c(O)cccc4F)c(Cl)cc23)[C@H](C)C1. The molecule has 1 fully saturated rings. The van der Waals surface area contributed by atoms with E-state index in [0.717, 1.165) is 11.8 Å². The third-order valence-corrected chi connectivity index (χ3v) is 7.08. The molecule has 8 nitrogen and oxygen atoms in total. The first-order chi connectivity index (χ1) is 19.3. The number of benzene rings is 2. The summed E-state index contributed by atoms with van der Waals surface area (Å²) in [5.74, 6) is -2.04. The van der Waals surface area contributed by atoms with Gasteiger partial charge in [-0.1, -0.05) is 30.3 Å². The average Bonchev–Trinajstić information content (AvgIpc) is 2.95. The fourth-order valence-electron chi connectivity index (χ4n) is 4.83. The van der Waals surface area contributed by atoms with Crippen LogP contribution >= 0.6 is 11.6 Å². The molecule has 2 aromatic carbocycles. The molecule has 40 heavy (non-hydrogen) atoms.